The van der Waals surface area contributed by atoms with Crippen molar-refractivity contribution in [1.82, 2.24) is 0 Å². The molecular formula is C10H17F3N2O. The van der Waals surface area contributed by atoms with Gasteiger partial charge in [-0.3, -0.25) is 0 Å². The number of nitrogens with two attached hydrogens (primary N) is 1. The average Bonchev–Trinajstić information content (AvgIpc) is 2.10. The van der Waals surface area contributed by atoms with Crippen LogP contribution in [0.1, 0.15) is 33.1 Å². The summed E-state index contributed by atoms with van der Waals surface area (Å²) in [5.74, 6) is 0. The minimum absolute atomic E-state index is 0.0299. The van der Waals surface area contributed by atoms with Crippen LogP contribution < -0.4 is 5.73 Å². The predicted molar refractivity (Wildman–Crippen MR) is 53.5 cm³/mol. The zero-order chi connectivity index (χ0) is 12.8. The van der Waals surface area contributed by atoms with Crippen molar-refractivity contribution in [3.63, 3.8) is 0 Å². The first-order valence-electron chi connectivity index (χ1n) is 5.05. The van der Waals surface area contributed by atoms with E-state index in [1.165, 1.54) is 0 Å². The topological polar surface area (TPSA) is 59.0 Å². The molecule has 0 rings (SSSR count). The average molecular weight is 238 g/mol. The first-order valence-corrected chi connectivity index (χ1v) is 5.05. The van der Waals surface area contributed by atoms with E-state index in [9.17, 15) is 13.2 Å². The van der Waals surface area contributed by atoms with Crippen LogP contribution in [-0.2, 0) is 4.74 Å². The second-order valence-corrected chi connectivity index (χ2v) is 4.13. The first-order chi connectivity index (χ1) is 7.16. The lowest BCUT2D eigenvalue weighted by atomic mass is 9.98. The van der Waals surface area contributed by atoms with E-state index in [0.717, 1.165) is 0 Å². The van der Waals surface area contributed by atoms with Crippen molar-refractivity contribution in [1.29, 1.82) is 5.26 Å². The summed E-state index contributed by atoms with van der Waals surface area (Å²) in [7, 11) is 0. The monoisotopic (exact) mass is 238 g/mol. The maximum atomic E-state index is 11.8. The van der Waals surface area contributed by atoms with Gasteiger partial charge in [-0.25, -0.2) is 0 Å². The van der Waals surface area contributed by atoms with Gasteiger partial charge in [-0.15, -0.1) is 0 Å². The Bertz CT molecular complexity index is 245. The third-order valence-electron chi connectivity index (χ3n) is 1.97. The molecule has 0 aromatic rings. The standard InChI is InChI=1S/C10H17F3N2O/c1-8(6-9(2,15)7-14)16-5-3-4-10(11,12)13/h8H,3-6,15H2,1-2H3. The maximum Gasteiger partial charge on any atom is 0.389 e. The van der Waals surface area contributed by atoms with Crippen LogP contribution in [0.3, 0.4) is 0 Å². The molecule has 0 spiro atoms. The van der Waals surface area contributed by atoms with E-state index in [4.69, 9.17) is 15.7 Å². The van der Waals surface area contributed by atoms with E-state index in [1.807, 2.05) is 6.07 Å². The summed E-state index contributed by atoms with van der Waals surface area (Å²) < 4.78 is 40.5. The van der Waals surface area contributed by atoms with E-state index < -0.39 is 18.1 Å². The molecule has 16 heavy (non-hydrogen) atoms. The third-order valence-corrected chi connectivity index (χ3v) is 1.97. The first kappa shape index (κ1) is 15.2. The quantitative estimate of drug-likeness (QED) is 0.723. The van der Waals surface area contributed by atoms with E-state index in [-0.39, 0.29) is 19.1 Å². The lowest BCUT2D eigenvalue weighted by Crippen LogP contribution is -2.38. The van der Waals surface area contributed by atoms with Gasteiger partial charge in [0.1, 0.15) is 5.54 Å². The Balaban J connectivity index is 3.68. The lowest BCUT2D eigenvalue weighted by Gasteiger charge is -2.21. The fraction of sp³-hybridized carbons (Fsp3) is 0.900. The number of hydrogen-bond donors (Lipinski definition) is 1. The second-order valence-electron chi connectivity index (χ2n) is 4.13. The van der Waals surface area contributed by atoms with Crippen molar-refractivity contribution in [2.45, 2.75) is 50.9 Å². The summed E-state index contributed by atoms with van der Waals surface area (Å²) in [5, 5.41) is 8.64. The molecule has 0 aromatic carbocycles. The molecule has 0 heterocycles. The summed E-state index contributed by atoms with van der Waals surface area (Å²) in [6.45, 7) is 3.28. The molecular weight excluding hydrogens is 221 g/mol. The van der Waals surface area contributed by atoms with Crippen LogP contribution in [0.4, 0.5) is 13.2 Å². The fourth-order valence-electron chi connectivity index (χ4n) is 1.26. The molecule has 0 aliphatic heterocycles. The van der Waals surface area contributed by atoms with Crippen LogP contribution in [0, 0.1) is 11.3 Å². The van der Waals surface area contributed by atoms with Crippen molar-refractivity contribution in [3.05, 3.63) is 0 Å². The Kier molecular flexibility index (Phi) is 5.76. The van der Waals surface area contributed by atoms with E-state index in [1.54, 1.807) is 13.8 Å². The molecule has 2 unspecified atom stereocenters. The molecule has 0 saturated heterocycles. The van der Waals surface area contributed by atoms with Gasteiger partial charge in [0.15, 0.2) is 0 Å². The number of rotatable bonds is 6. The number of hydrogen-bond acceptors (Lipinski definition) is 3. The van der Waals surface area contributed by atoms with Crippen molar-refractivity contribution < 1.29 is 17.9 Å². The van der Waals surface area contributed by atoms with Gasteiger partial charge < -0.3 is 10.5 Å². The van der Waals surface area contributed by atoms with Crippen molar-refractivity contribution in [2.75, 3.05) is 6.61 Å². The molecule has 0 saturated carbocycles. The van der Waals surface area contributed by atoms with Gasteiger partial charge in [-0.2, -0.15) is 18.4 Å². The number of halogens is 3. The van der Waals surface area contributed by atoms with Crippen LogP contribution in [0.15, 0.2) is 0 Å². The van der Waals surface area contributed by atoms with Gasteiger partial charge in [0.05, 0.1) is 12.2 Å². The lowest BCUT2D eigenvalue weighted by molar-refractivity contribution is -0.138. The Labute approximate surface area is 93.4 Å². The number of nitriles is 1. The molecule has 0 aromatic heterocycles. The largest absolute Gasteiger partial charge is 0.389 e. The highest BCUT2D eigenvalue weighted by Crippen LogP contribution is 2.21. The highest BCUT2D eigenvalue weighted by Gasteiger charge is 2.26. The molecule has 2 atom stereocenters. The molecule has 0 aliphatic carbocycles. The summed E-state index contributed by atoms with van der Waals surface area (Å²) in [4.78, 5) is 0. The molecule has 0 radical (unpaired) electrons. The molecule has 0 amide bonds. The summed E-state index contributed by atoms with van der Waals surface area (Å²) >= 11 is 0. The van der Waals surface area contributed by atoms with Crippen LogP contribution >= 0.6 is 0 Å². The van der Waals surface area contributed by atoms with Crippen LogP contribution in [-0.4, -0.2) is 24.4 Å². The molecule has 0 fully saturated rings. The second kappa shape index (κ2) is 6.06. The normalized spacial score (nSPS) is 17.6. The molecule has 2 N–H and O–H groups in total. The SMILES string of the molecule is CC(CC(C)(N)C#N)OCCCC(F)(F)F. The maximum absolute atomic E-state index is 11.8. The van der Waals surface area contributed by atoms with Gasteiger partial charge in [0.25, 0.3) is 0 Å². The van der Waals surface area contributed by atoms with Crippen molar-refractivity contribution >= 4 is 0 Å². The van der Waals surface area contributed by atoms with E-state index >= 15 is 0 Å². The Hall–Kier alpha value is -0.800. The van der Waals surface area contributed by atoms with Gasteiger partial charge in [0, 0.05) is 19.4 Å². The molecule has 3 nitrogen and oxygen atoms in total. The predicted octanol–water partition coefficient (Wildman–Crippen LogP) is 2.37. The summed E-state index contributed by atoms with van der Waals surface area (Å²) in [6.07, 6.45) is -5.07. The van der Waals surface area contributed by atoms with Gasteiger partial charge in [0.2, 0.25) is 0 Å². The third kappa shape index (κ3) is 8.50. The van der Waals surface area contributed by atoms with Gasteiger partial charge in [-0.1, -0.05) is 0 Å². The van der Waals surface area contributed by atoms with Gasteiger partial charge in [-0.05, 0) is 20.3 Å². The van der Waals surface area contributed by atoms with Crippen molar-refractivity contribution in [2.24, 2.45) is 5.73 Å². The molecule has 94 valence electrons. The Morgan fingerprint density at radius 1 is 1.44 bits per heavy atom. The van der Waals surface area contributed by atoms with Crippen LogP contribution in [0.2, 0.25) is 0 Å². The molecule has 0 aliphatic rings. The smallest absolute Gasteiger partial charge is 0.378 e. The molecule has 0 bridgehead atoms. The minimum Gasteiger partial charge on any atom is -0.378 e. The minimum atomic E-state index is -4.14. The number of alkyl halides is 3. The summed E-state index contributed by atoms with van der Waals surface area (Å²) in [6, 6.07) is 1.90. The Morgan fingerprint density at radius 3 is 2.44 bits per heavy atom. The van der Waals surface area contributed by atoms with Crippen LogP contribution in [0.5, 0.6) is 0 Å². The summed E-state index contributed by atoms with van der Waals surface area (Å²) in [5.41, 5.74) is 4.57. The Morgan fingerprint density at radius 2 is 2.00 bits per heavy atom. The van der Waals surface area contributed by atoms with Crippen molar-refractivity contribution in [3.8, 4) is 6.07 Å². The van der Waals surface area contributed by atoms with E-state index in [2.05, 4.69) is 0 Å². The van der Waals surface area contributed by atoms with Crippen LogP contribution in [0.25, 0.3) is 0 Å². The fourth-order valence-corrected chi connectivity index (χ4v) is 1.26. The zero-order valence-electron chi connectivity index (χ0n) is 9.47. The number of ether oxygens (including phenoxy) is 1. The highest BCUT2D eigenvalue weighted by atomic mass is 19.4. The number of nitrogens with zero attached hydrogens (tertiary/aromatic N) is 1. The van der Waals surface area contributed by atoms with Gasteiger partial charge >= 0.3 is 6.18 Å². The molecule has 6 heteroatoms. The van der Waals surface area contributed by atoms with E-state index in [0.29, 0.717) is 6.42 Å². The zero-order valence-corrected chi connectivity index (χ0v) is 9.47. The highest BCUT2D eigenvalue weighted by molar-refractivity contribution is 5.01.